The van der Waals surface area contributed by atoms with Crippen molar-refractivity contribution in [1.29, 1.82) is 0 Å². The van der Waals surface area contributed by atoms with Gasteiger partial charge >= 0.3 is 5.97 Å². The largest absolute Gasteiger partial charge is 0.464 e. The smallest absolute Gasteiger partial charge is 0.354 e. The van der Waals surface area contributed by atoms with Gasteiger partial charge in [0.05, 0.1) is 7.11 Å². The third kappa shape index (κ3) is 2.86. The van der Waals surface area contributed by atoms with Crippen LogP contribution in [-0.2, 0) is 11.3 Å². The summed E-state index contributed by atoms with van der Waals surface area (Å²) in [7, 11) is 1.36. The van der Waals surface area contributed by atoms with Gasteiger partial charge in [-0.15, -0.1) is 0 Å². The van der Waals surface area contributed by atoms with Gasteiger partial charge in [0.15, 0.2) is 0 Å². The van der Waals surface area contributed by atoms with Gasteiger partial charge in [0.1, 0.15) is 5.69 Å². The SMILES string of the molecule is COC(=O)c1ccc(CNCCN)[nH]1. The molecule has 0 aliphatic carbocycles. The lowest BCUT2D eigenvalue weighted by molar-refractivity contribution is 0.0594. The van der Waals surface area contributed by atoms with E-state index in [4.69, 9.17) is 5.73 Å². The molecular weight excluding hydrogens is 182 g/mol. The standard InChI is InChI=1S/C9H15N3O2/c1-14-9(13)8-3-2-7(12-8)6-11-5-4-10/h2-3,11-12H,4-6,10H2,1H3. The van der Waals surface area contributed by atoms with Gasteiger partial charge in [-0.05, 0) is 12.1 Å². The molecule has 0 saturated heterocycles. The number of methoxy groups -OCH3 is 1. The second kappa shape index (κ2) is 5.41. The normalized spacial score (nSPS) is 10.1. The van der Waals surface area contributed by atoms with Crippen molar-refractivity contribution in [2.24, 2.45) is 5.73 Å². The Morgan fingerprint density at radius 2 is 2.43 bits per heavy atom. The zero-order valence-corrected chi connectivity index (χ0v) is 8.17. The number of aromatic nitrogens is 1. The van der Waals surface area contributed by atoms with E-state index in [-0.39, 0.29) is 5.97 Å². The van der Waals surface area contributed by atoms with Crippen LogP contribution in [0, 0.1) is 0 Å². The van der Waals surface area contributed by atoms with Crippen LogP contribution >= 0.6 is 0 Å². The molecule has 0 unspecified atom stereocenters. The summed E-state index contributed by atoms with van der Waals surface area (Å²) >= 11 is 0. The quantitative estimate of drug-likeness (QED) is 0.453. The maximum atomic E-state index is 11.1. The maximum Gasteiger partial charge on any atom is 0.354 e. The van der Waals surface area contributed by atoms with E-state index >= 15 is 0 Å². The molecule has 0 atom stereocenters. The van der Waals surface area contributed by atoms with Crippen molar-refractivity contribution < 1.29 is 9.53 Å². The molecule has 0 saturated carbocycles. The molecule has 0 radical (unpaired) electrons. The van der Waals surface area contributed by atoms with Gasteiger partial charge in [-0.2, -0.15) is 0 Å². The van der Waals surface area contributed by atoms with Crippen molar-refractivity contribution >= 4 is 5.97 Å². The Bertz CT molecular complexity index is 296. The van der Waals surface area contributed by atoms with E-state index in [2.05, 4.69) is 15.0 Å². The average molecular weight is 197 g/mol. The summed E-state index contributed by atoms with van der Waals surface area (Å²) in [6.07, 6.45) is 0. The van der Waals surface area contributed by atoms with Crippen LogP contribution in [0.4, 0.5) is 0 Å². The lowest BCUT2D eigenvalue weighted by atomic mass is 10.4. The molecule has 0 amide bonds. The minimum absolute atomic E-state index is 0.352. The average Bonchev–Trinajstić information content (AvgIpc) is 2.66. The van der Waals surface area contributed by atoms with Crippen LogP contribution in [0.15, 0.2) is 12.1 Å². The van der Waals surface area contributed by atoms with Crippen LogP contribution in [0.1, 0.15) is 16.2 Å². The number of rotatable bonds is 5. The minimum atomic E-state index is -0.352. The highest BCUT2D eigenvalue weighted by Gasteiger charge is 2.06. The number of hydrogen-bond acceptors (Lipinski definition) is 4. The lowest BCUT2D eigenvalue weighted by Gasteiger charge is -1.99. The molecule has 5 nitrogen and oxygen atoms in total. The first-order valence-corrected chi connectivity index (χ1v) is 4.45. The van der Waals surface area contributed by atoms with Gasteiger partial charge in [0.2, 0.25) is 0 Å². The highest BCUT2D eigenvalue weighted by Crippen LogP contribution is 2.02. The van der Waals surface area contributed by atoms with Crippen molar-refractivity contribution in [3.63, 3.8) is 0 Å². The molecule has 4 N–H and O–H groups in total. The van der Waals surface area contributed by atoms with Gasteiger partial charge in [0, 0.05) is 25.3 Å². The predicted molar refractivity (Wildman–Crippen MR) is 52.9 cm³/mol. The third-order valence-electron chi connectivity index (χ3n) is 1.79. The Morgan fingerprint density at radius 3 is 3.07 bits per heavy atom. The molecule has 0 aliphatic heterocycles. The van der Waals surface area contributed by atoms with Crippen LogP contribution in [0.2, 0.25) is 0 Å². The van der Waals surface area contributed by atoms with Gasteiger partial charge in [-0.1, -0.05) is 0 Å². The van der Waals surface area contributed by atoms with Crippen LogP contribution < -0.4 is 11.1 Å². The Hall–Kier alpha value is -1.33. The van der Waals surface area contributed by atoms with Crippen LogP contribution in [-0.4, -0.2) is 31.2 Å². The number of aromatic amines is 1. The first kappa shape index (κ1) is 10.7. The number of carbonyl (C=O) groups excluding carboxylic acids is 1. The molecule has 0 spiro atoms. The Labute approximate surface area is 82.6 Å². The van der Waals surface area contributed by atoms with E-state index in [0.717, 1.165) is 12.2 Å². The number of nitrogens with two attached hydrogens (primary N) is 1. The molecule has 78 valence electrons. The monoisotopic (exact) mass is 197 g/mol. The fraction of sp³-hybridized carbons (Fsp3) is 0.444. The minimum Gasteiger partial charge on any atom is -0.464 e. The van der Waals surface area contributed by atoms with E-state index in [1.54, 1.807) is 6.07 Å². The molecule has 1 aromatic heterocycles. The molecule has 0 bridgehead atoms. The Morgan fingerprint density at radius 1 is 1.64 bits per heavy atom. The van der Waals surface area contributed by atoms with Crippen LogP contribution in [0.3, 0.4) is 0 Å². The number of esters is 1. The first-order valence-electron chi connectivity index (χ1n) is 4.45. The molecule has 0 fully saturated rings. The van der Waals surface area contributed by atoms with Gasteiger partial charge in [0.25, 0.3) is 0 Å². The van der Waals surface area contributed by atoms with Crippen molar-refractivity contribution in [1.82, 2.24) is 10.3 Å². The van der Waals surface area contributed by atoms with Gasteiger partial charge < -0.3 is 20.8 Å². The van der Waals surface area contributed by atoms with Crippen molar-refractivity contribution in [3.05, 3.63) is 23.5 Å². The number of H-pyrrole nitrogens is 1. The molecule has 0 aromatic carbocycles. The zero-order chi connectivity index (χ0) is 10.4. The van der Waals surface area contributed by atoms with E-state index in [0.29, 0.717) is 18.8 Å². The molecule has 0 aliphatic rings. The van der Waals surface area contributed by atoms with Crippen LogP contribution in [0.5, 0.6) is 0 Å². The lowest BCUT2D eigenvalue weighted by Crippen LogP contribution is -2.22. The number of carbonyl (C=O) groups is 1. The number of hydrogen-bond donors (Lipinski definition) is 3. The van der Waals surface area contributed by atoms with E-state index < -0.39 is 0 Å². The topological polar surface area (TPSA) is 80.1 Å². The highest BCUT2D eigenvalue weighted by atomic mass is 16.5. The van der Waals surface area contributed by atoms with E-state index in [1.807, 2.05) is 6.07 Å². The first-order chi connectivity index (χ1) is 6.77. The Balaban J connectivity index is 2.46. The summed E-state index contributed by atoms with van der Waals surface area (Å²) in [5, 5.41) is 3.11. The molecule has 14 heavy (non-hydrogen) atoms. The van der Waals surface area contributed by atoms with Gasteiger partial charge in [-0.3, -0.25) is 0 Å². The fourth-order valence-corrected chi connectivity index (χ4v) is 1.10. The summed E-state index contributed by atoms with van der Waals surface area (Å²) in [5.41, 5.74) is 6.73. The molecule has 1 rings (SSSR count). The third-order valence-corrected chi connectivity index (χ3v) is 1.79. The van der Waals surface area contributed by atoms with Crippen molar-refractivity contribution in [2.45, 2.75) is 6.54 Å². The summed E-state index contributed by atoms with van der Waals surface area (Å²) in [6, 6.07) is 3.54. The predicted octanol–water partition coefficient (Wildman–Crippen LogP) is -0.150. The highest BCUT2D eigenvalue weighted by molar-refractivity contribution is 5.87. The molecule has 1 aromatic rings. The summed E-state index contributed by atoms with van der Waals surface area (Å²) < 4.78 is 4.56. The summed E-state index contributed by atoms with van der Waals surface area (Å²) in [4.78, 5) is 14.0. The fourth-order valence-electron chi connectivity index (χ4n) is 1.10. The zero-order valence-electron chi connectivity index (χ0n) is 8.17. The van der Waals surface area contributed by atoms with E-state index in [9.17, 15) is 4.79 Å². The number of ether oxygens (including phenoxy) is 1. The molecular formula is C9H15N3O2. The maximum absolute atomic E-state index is 11.1. The summed E-state index contributed by atoms with van der Waals surface area (Å²) in [5.74, 6) is -0.352. The van der Waals surface area contributed by atoms with Crippen LogP contribution in [0.25, 0.3) is 0 Å². The van der Waals surface area contributed by atoms with Crippen molar-refractivity contribution in [2.75, 3.05) is 20.2 Å². The second-order valence-corrected chi connectivity index (χ2v) is 2.85. The van der Waals surface area contributed by atoms with Crippen molar-refractivity contribution in [3.8, 4) is 0 Å². The van der Waals surface area contributed by atoms with Gasteiger partial charge in [-0.25, -0.2) is 4.79 Å². The molecule has 1 heterocycles. The second-order valence-electron chi connectivity index (χ2n) is 2.85. The number of nitrogens with one attached hydrogen (secondary N) is 2. The molecule has 5 heteroatoms. The summed E-state index contributed by atoms with van der Waals surface area (Å²) in [6.45, 7) is 2.03. The van der Waals surface area contributed by atoms with E-state index in [1.165, 1.54) is 7.11 Å². The Kier molecular flexibility index (Phi) is 4.15.